The average molecular weight is 113 g/mol. The third kappa shape index (κ3) is 0.857. The van der Waals surface area contributed by atoms with Gasteiger partial charge in [0.05, 0.1) is 0 Å². The van der Waals surface area contributed by atoms with Gasteiger partial charge < -0.3 is 9.53 Å². The van der Waals surface area contributed by atoms with E-state index in [1.807, 2.05) is 0 Å². The average Bonchev–Trinajstić information content (AvgIpc) is 2.14. The van der Waals surface area contributed by atoms with Gasteiger partial charge in [-0.15, -0.1) is 0 Å². The molecule has 0 aliphatic carbocycles. The van der Waals surface area contributed by atoms with Crippen molar-refractivity contribution in [3.8, 4) is 0 Å². The van der Waals surface area contributed by atoms with Crippen molar-refractivity contribution < 1.29 is 9.53 Å². The largest absolute Gasteiger partial charge is 0.478 e. The lowest BCUT2D eigenvalue weighted by Crippen LogP contribution is -2.06. The van der Waals surface area contributed by atoms with E-state index in [1.54, 1.807) is 6.92 Å². The molecule has 0 saturated carbocycles. The molecule has 1 heterocycles. The fourth-order valence-electron chi connectivity index (χ4n) is 0.584. The number of carbonyl (C=O) groups is 1. The van der Waals surface area contributed by atoms with Crippen molar-refractivity contribution in [2.75, 3.05) is 6.61 Å². The molecule has 0 bridgehead atoms. The monoisotopic (exact) mass is 113 g/mol. The summed E-state index contributed by atoms with van der Waals surface area (Å²) in [7, 11) is 0. The van der Waals surface area contributed by atoms with Gasteiger partial charge in [0.2, 0.25) is 0 Å². The molecule has 1 unspecified atom stereocenters. The third-order valence-corrected chi connectivity index (χ3v) is 0.968. The summed E-state index contributed by atoms with van der Waals surface area (Å²) in [5.41, 5.74) is 0. The molecule has 8 heavy (non-hydrogen) atoms. The van der Waals surface area contributed by atoms with Gasteiger partial charge in [0.25, 0.3) is 0 Å². The lowest BCUT2D eigenvalue weighted by atomic mass is 10.4. The highest BCUT2D eigenvalue weighted by Crippen LogP contribution is 1.99. The molecule has 0 saturated heterocycles. The van der Waals surface area contributed by atoms with Crippen LogP contribution in [0.3, 0.4) is 0 Å². The smallest absolute Gasteiger partial charge is 0.180 e. The molecule has 0 aromatic heterocycles. The van der Waals surface area contributed by atoms with E-state index in [-0.39, 0.29) is 6.04 Å². The van der Waals surface area contributed by atoms with E-state index >= 15 is 0 Å². The highest BCUT2D eigenvalue weighted by atomic mass is 16.5. The van der Waals surface area contributed by atoms with Gasteiger partial charge in [-0.2, -0.15) is 0 Å². The Balaban J connectivity index is 2.53. The van der Waals surface area contributed by atoms with E-state index in [0.717, 1.165) is 6.29 Å². The van der Waals surface area contributed by atoms with Crippen LogP contribution in [-0.4, -0.2) is 24.8 Å². The van der Waals surface area contributed by atoms with Crippen LogP contribution >= 0.6 is 0 Å². The Labute approximate surface area is 47.4 Å². The van der Waals surface area contributed by atoms with Crippen LogP contribution in [0.4, 0.5) is 0 Å². The quantitative estimate of drug-likeness (QED) is 0.449. The minimum atomic E-state index is -0.241. The van der Waals surface area contributed by atoms with Crippen molar-refractivity contribution in [3.63, 3.8) is 0 Å². The second kappa shape index (κ2) is 1.94. The predicted octanol–water partition coefficient (Wildman–Crippen LogP) is 0.00250. The molecule has 1 aliphatic heterocycles. The van der Waals surface area contributed by atoms with Gasteiger partial charge in [0, 0.05) is 6.92 Å². The van der Waals surface area contributed by atoms with Gasteiger partial charge in [-0.25, -0.2) is 4.99 Å². The first-order chi connectivity index (χ1) is 3.83. The predicted molar refractivity (Wildman–Crippen MR) is 28.9 cm³/mol. The van der Waals surface area contributed by atoms with E-state index in [4.69, 9.17) is 4.74 Å². The van der Waals surface area contributed by atoms with E-state index in [9.17, 15) is 4.79 Å². The Morgan fingerprint density at radius 1 is 2.00 bits per heavy atom. The number of rotatable bonds is 1. The zero-order valence-electron chi connectivity index (χ0n) is 4.63. The summed E-state index contributed by atoms with van der Waals surface area (Å²) in [6.07, 6.45) is 0.788. The Kier molecular flexibility index (Phi) is 1.28. The second-order valence-corrected chi connectivity index (χ2v) is 1.66. The molecule has 0 spiro atoms. The Morgan fingerprint density at radius 2 is 2.75 bits per heavy atom. The maximum absolute atomic E-state index is 9.97. The first kappa shape index (κ1) is 5.28. The van der Waals surface area contributed by atoms with Crippen molar-refractivity contribution in [2.45, 2.75) is 13.0 Å². The van der Waals surface area contributed by atoms with Crippen molar-refractivity contribution in [3.05, 3.63) is 0 Å². The summed E-state index contributed by atoms with van der Waals surface area (Å²) in [4.78, 5) is 13.8. The lowest BCUT2D eigenvalue weighted by Gasteiger charge is -1.89. The van der Waals surface area contributed by atoms with E-state index in [2.05, 4.69) is 4.99 Å². The molecule has 1 rings (SSSR count). The topological polar surface area (TPSA) is 38.7 Å². The zero-order chi connectivity index (χ0) is 5.98. The minimum Gasteiger partial charge on any atom is -0.478 e. The maximum Gasteiger partial charge on any atom is 0.180 e. The number of hydrogen-bond donors (Lipinski definition) is 0. The Bertz CT molecular complexity index is 130. The number of ether oxygens (including phenoxy) is 1. The molecule has 1 aliphatic rings. The summed E-state index contributed by atoms with van der Waals surface area (Å²) in [5, 5.41) is 0. The van der Waals surface area contributed by atoms with Gasteiger partial charge >= 0.3 is 0 Å². The van der Waals surface area contributed by atoms with Crippen LogP contribution in [0, 0.1) is 0 Å². The highest BCUT2D eigenvalue weighted by Gasteiger charge is 2.12. The van der Waals surface area contributed by atoms with Crippen LogP contribution in [0.5, 0.6) is 0 Å². The van der Waals surface area contributed by atoms with E-state index in [1.165, 1.54) is 0 Å². The fourth-order valence-corrected chi connectivity index (χ4v) is 0.584. The van der Waals surface area contributed by atoms with Crippen LogP contribution in [0.15, 0.2) is 4.99 Å². The summed E-state index contributed by atoms with van der Waals surface area (Å²) < 4.78 is 4.88. The number of aliphatic imine (C=N–C) groups is 1. The summed E-state index contributed by atoms with van der Waals surface area (Å²) in [6, 6.07) is -0.241. The second-order valence-electron chi connectivity index (χ2n) is 1.66. The van der Waals surface area contributed by atoms with E-state index < -0.39 is 0 Å². The van der Waals surface area contributed by atoms with Crippen molar-refractivity contribution in [2.24, 2.45) is 4.99 Å². The van der Waals surface area contributed by atoms with Gasteiger partial charge in [-0.1, -0.05) is 0 Å². The lowest BCUT2D eigenvalue weighted by molar-refractivity contribution is -0.109. The first-order valence-electron chi connectivity index (χ1n) is 2.45. The SMILES string of the molecule is CC1=NC(C=O)CO1. The third-order valence-electron chi connectivity index (χ3n) is 0.968. The summed E-state index contributed by atoms with van der Waals surface area (Å²) >= 11 is 0. The maximum atomic E-state index is 9.97. The highest BCUT2D eigenvalue weighted by molar-refractivity contribution is 5.78. The number of carbonyl (C=O) groups excluding carboxylic acids is 1. The van der Waals surface area contributed by atoms with Crippen LogP contribution in [0.25, 0.3) is 0 Å². The summed E-state index contributed by atoms with van der Waals surface area (Å²) in [5.74, 6) is 0.613. The molecule has 3 heteroatoms. The number of nitrogens with zero attached hydrogens (tertiary/aromatic N) is 1. The molecule has 0 N–H and O–H groups in total. The molecule has 3 nitrogen and oxygen atoms in total. The molecule has 0 fully saturated rings. The molecule has 44 valence electrons. The van der Waals surface area contributed by atoms with Crippen molar-refractivity contribution >= 4 is 12.2 Å². The first-order valence-corrected chi connectivity index (χ1v) is 2.45. The van der Waals surface area contributed by atoms with Crippen LogP contribution in [0.1, 0.15) is 6.92 Å². The van der Waals surface area contributed by atoms with Gasteiger partial charge in [-0.05, 0) is 0 Å². The van der Waals surface area contributed by atoms with Gasteiger partial charge in [0.15, 0.2) is 5.90 Å². The minimum absolute atomic E-state index is 0.241. The van der Waals surface area contributed by atoms with Crippen molar-refractivity contribution in [1.29, 1.82) is 0 Å². The van der Waals surface area contributed by atoms with Gasteiger partial charge in [0.1, 0.15) is 18.9 Å². The molecule has 1 atom stereocenters. The van der Waals surface area contributed by atoms with Crippen LogP contribution in [0.2, 0.25) is 0 Å². The van der Waals surface area contributed by atoms with Crippen molar-refractivity contribution in [1.82, 2.24) is 0 Å². The van der Waals surface area contributed by atoms with Crippen LogP contribution in [-0.2, 0) is 9.53 Å². The van der Waals surface area contributed by atoms with E-state index in [0.29, 0.717) is 12.5 Å². The standard InChI is InChI=1S/C5H7NO2/c1-4-6-5(2-7)3-8-4/h2,5H,3H2,1H3. The Hall–Kier alpha value is -0.860. The molecule has 0 aromatic rings. The fraction of sp³-hybridized carbons (Fsp3) is 0.600. The molecule has 0 amide bonds. The number of aldehydes is 1. The summed E-state index contributed by atoms with van der Waals surface area (Å²) in [6.45, 7) is 2.17. The number of hydrogen-bond acceptors (Lipinski definition) is 3. The molecular formula is C5H7NO2. The zero-order valence-corrected chi connectivity index (χ0v) is 4.63. The van der Waals surface area contributed by atoms with Crippen LogP contribution < -0.4 is 0 Å². The normalized spacial score (nSPS) is 26.6. The Morgan fingerprint density at radius 3 is 3.00 bits per heavy atom. The van der Waals surface area contributed by atoms with Gasteiger partial charge in [-0.3, -0.25) is 0 Å². The molecule has 0 aromatic carbocycles. The molecular weight excluding hydrogens is 106 g/mol. The molecule has 0 radical (unpaired) electrons.